The molecule has 0 radical (unpaired) electrons. The van der Waals surface area contributed by atoms with Crippen LogP contribution in [-0.2, 0) is 14.3 Å². The highest BCUT2D eigenvalue weighted by Gasteiger charge is 2.44. The molecule has 11 heteroatoms. The number of aliphatic hydroxyl groups excluding tert-OH is 7. The second-order valence-corrected chi connectivity index (χ2v) is 20.7. The minimum absolute atomic E-state index is 0.242. The zero-order valence-electron chi connectivity index (χ0n) is 45.0. The average Bonchev–Trinajstić information content (AvgIpc) is 3.36. The molecule has 1 saturated heterocycles. The Morgan fingerprint density at radius 2 is 0.857 bits per heavy atom. The van der Waals surface area contributed by atoms with E-state index in [1.807, 2.05) is 0 Å². The average molecular weight is 995 g/mol. The van der Waals surface area contributed by atoms with Gasteiger partial charge in [-0.25, -0.2) is 0 Å². The number of rotatable bonds is 50. The predicted octanol–water partition coefficient (Wildman–Crippen LogP) is 12.3. The summed E-state index contributed by atoms with van der Waals surface area (Å²) in [5.41, 5.74) is 0. The Labute approximate surface area is 428 Å². The van der Waals surface area contributed by atoms with E-state index in [-0.39, 0.29) is 12.8 Å². The van der Waals surface area contributed by atoms with Crippen LogP contribution in [0.5, 0.6) is 0 Å². The normalized spacial score (nSPS) is 20.5. The number of nitrogens with one attached hydrogen (secondary N) is 1. The van der Waals surface area contributed by atoms with Crippen LogP contribution >= 0.6 is 0 Å². The lowest BCUT2D eigenvalue weighted by Gasteiger charge is -2.40. The molecule has 0 spiro atoms. The molecule has 11 nitrogen and oxygen atoms in total. The van der Waals surface area contributed by atoms with E-state index < -0.39 is 74.2 Å². The van der Waals surface area contributed by atoms with Gasteiger partial charge in [0.05, 0.1) is 25.4 Å². The zero-order chi connectivity index (χ0) is 51.1. The van der Waals surface area contributed by atoms with Gasteiger partial charge in [0.1, 0.15) is 36.6 Å². The molecular weight excluding hydrogens is 883 g/mol. The van der Waals surface area contributed by atoms with Gasteiger partial charge in [0.25, 0.3) is 0 Å². The SMILES string of the molecule is CCCCCCCCCC/C=C/CC/C=C/CC/C=C/CCCC(O)C(O)C(COC1OC(CO)C(O)C(O)C1O)NC(=O)C(O)CCCCCCCCCCCCCCCCCCCCCCCC. The monoisotopic (exact) mass is 994 g/mol. The maximum absolute atomic E-state index is 13.2. The summed E-state index contributed by atoms with van der Waals surface area (Å²) in [4.78, 5) is 13.2. The molecule has 0 saturated carbocycles. The number of carbonyl (C=O) groups excluding carboxylic acids is 1. The third kappa shape index (κ3) is 36.3. The summed E-state index contributed by atoms with van der Waals surface area (Å²) in [5.74, 6) is -0.709. The van der Waals surface area contributed by atoms with Gasteiger partial charge in [0, 0.05) is 0 Å². The molecule has 1 aliphatic rings. The third-order valence-electron chi connectivity index (χ3n) is 14.2. The highest BCUT2D eigenvalue weighted by molar-refractivity contribution is 5.80. The van der Waals surface area contributed by atoms with Crippen molar-refractivity contribution in [2.75, 3.05) is 13.2 Å². The topological polar surface area (TPSA) is 189 Å². The fourth-order valence-corrected chi connectivity index (χ4v) is 9.36. The molecule has 1 rings (SSSR count). The van der Waals surface area contributed by atoms with Crippen LogP contribution in [0.2, 0.25) is 0 Å². The summed E-state index contributed by atoms with van der Waals surface area (Å²) < 4.78 is 11.1. The molecule has 1 fully saturated rings. The van der Waals surface area contributed by atoms with Crippen molar-refractivity contribution in [3.05, 3.63) is 36.5 Å². The number of unbranched alkanes of at least 4 members (excludes halogenated alkanes) is 32. The van der Waals surface area contributed by atoms with Crippen molar-refractivity contribution in [3.63, 3.8) is 0 Å². The molecule has 412 valence electrons. The summed E-state index contributed by atoms with van der Waals surface area (Å²) in [5, 5.41) is 76.1. The Kier molecular flexibility index (Phi) is 45.8. The van der Waals surface area contributed by atoms with E-state index in [0.717, 1.165) is 44.9 Å². The highest BCUT2D eigenvalue weighted by atomic mass is 16.7. The minimum Gasteiger partial charge on any atom is -0.394 e. The summed E-state index contributed by atoms with van der Waals surface area (Å²) >= 11 is 0. The summed E-state index contributed by atoms with van der Waals surface area (Å²) in [6.45, 7) is 3.46. The van der Waals surface area contributed by atoms with E-state index in [1.54, 1.807) is 0 Å². The van der Waals surface area contributed by atoms with Gasteiger partial charge in [0.2, 0.25) is 5.91 Å². The zero-order valence-corrected chi connectivity index (χ0v) is 45.0. The number of amides is 1. The van der Waals surface area contributed by atoms with Gasteiger partial charge >= 0.3 is 0 Å². The fraction of sp³-hybridized carbons (Fsp3) is 0.881. The van der Waals surface area contributed by atoms with Crippen molar-refractivity contribution in [2.45, 2.75) is 319 Å². The predicted molar refractivity (Wildman–Crippen MR) is 289 cm³/mol. The van der Waals surface area contributed by atoms with Crippen molar-refractivity contribution >= 4 is 5.91 Å². The van der Waals surface area contributed by atoms with Gasteiger partial charge in [0.15, 0.2) is 6.29 Å². The number of hydrogen-bond acceptors (Lipinski definition) is 10. The molecular formula is C59H111NO10. The van der Waals surface area contributed by atoms with Gasteiger partial charge in [-0.3, -0.25) is 4.79 Å². The van der Waals surface area contributed by atoms with Crippen molar-refractivity contribution in [1.29, 1.82) is 0 Å². The first-order valence-electron chi connectivity index (χ1n) is 29.4. The Bertz CT molecular complexity index is 1230. The first kappa shape index (κ1) is 66.3. The Morgan fingerprint density at radius 1 is 0.486 bits per heavy atom. The van der Waals surface area contributed by atoms with E-state index in [2.05, 4.69) is 55.6 Å². The van der Waals surface area contributed by atoms with E-state index in [1.165, 1.54) is 173 Å². The van der Waals surface area contributed by atoms with Crippen molar-refractivity contribution in [1.82, 2.24) is 5.32 Å². The number of aliphatic hydroxyl groups is 7. The van der Waals surface area contributed by atoms with Crippen LogP contribution in [0.15, 0.2) is 36.5 Å². The molecule has 8 N–H and O–H groups in total. The molecule has 9 atom stereocenters. The lowest BCUT2D eigenvalue weighted by atomic mass is 9.98. The molecule has 1 heterocycles. The smallest absolute Gasteiger partial charge is 0.249 e. The molecule has 1 aliphatic heterocycles. The van der Waals surface area contributed by atoms with E-state index in [4.69, 9.17) is 9.47 Å². The van der Waals surface area contributed by atoms with Gasteiger partial charge in [-0.05, 0) is 64.2 Å². The summed E-state index contributed by atoms with van der Waals surface area (Å²) in [6.07, 6.45) is 47.7. The van der Waals surface area contributed by atoms with Crippen molar-refractivity contribution in [3.8, 4) is 0 Å². The highest BCUT2D eigenvalue weighted by Crippen LogP contribution is 2.23. The number of ether oxygens (including phenoxy) is 2. The molecule has 0 aromatic heterocycles. The van der Waals surface area contributed by atoms with Gasteiger partial charge < -0.3 is 50.5 Å². The maximum atomic E-state index is 13.2. The lowest BCUT2D eigenvalue weighted by Crippen LogP contribution is -2.60. The summed E-state index contributed by atoms with van der Waals surface area (Å²) in [6, 6.07) is -1.19. The standard InChI is InChI=1S/C59H111NO10/c1-3-5-7-9-11-13-15-17-19-21-23-25-27-29-31-33-35-37-39-41-43-45-47-52(63)58(68)60-50(49-69-59-57(67)56(66)55(65)53(48-61)70-59)54(64)51(62)46-44-42-40-38-36-34-32-30-28-26-24-22-20-18-16-14-12-10-8-6-4-2/h22,24,30,32,38,40,50-57,59,61-67H,3-21,23,25-29,31,33-37,39,41-49H2,1-2H3,(H,60,68)/b24-22+,32-30+,40-38+. The van der Waals surface area contributed by atoms with Crippen molar-refractivity contribution < 1.29 is 50.0 Å². The van der Waals surface area contributed by atoms with Crippen LogP contribution in [0.3, 0.4) is 0 Å². The third-order valence-corrected chi connectivity index (χ3v) is 14.2. The van der Waals surface area contributed by atoms with Crippen LogP contribution in [0.4, 0.5) is 0 Å². The fourth-order valence-electron chi connectivity index (χ4n) is 9.36. The van der Waals surface area contributed by atoms with Crippen LogP contribution in [0.25, 0.3) is 0 Å². The van der Waals surface area contributed by atoms with E-state index in [9.17, 15) is 40.5 Å². The van der Waals surface area contributed by atoms with E-state index in [0.29, 0.717) is 19.3 Å². The molecule has 0 bridgehead atoms. The van der Waals surface area contributed by atoms with Crippen LogP contribution < -0.4 is 5.32 Å². The van der Waals surface area contributed by atoms with E-state index >= 15 is 0 Å². The lowest BCUT2D eigenvalue weighted by molar-refractivity contribution is -0.303. The molecule has 0 aromatic carbocycles. The number of carbonyl (C=O) groups is 1. The first-order valence-corrected chi connectivity index (χ1v) is 29.4. The number of allylic oxidation sites excluding steroid dienone is 6. The molecule has 0 aliphatic carbocycles. The van der Waals surface area contributed by atoms with Gasteiger partial charge in [-0.2, -0.15) is 0 Å². The van der Waals surface area contributed by atoms with Crippen LogP contribution in [0, 0.1) is 0 Å². The second kappa shape index (κ2) is 48.3. The molecule has 9 unspecified atom stereocenters. The van der Waals surface area contributed by atoms with Gasteiger partial charge in [-0.1, -0.05) is 237 Å². The largest absolute Gasteiger partial charge is 0.394 e. The Hall–Kier alpha value is -1.67. The molecule has 0 aromatic rings. The van der Waals surface area contributed by atoms with Crippen molar-refractivity contribution in [2.24, 2.45) is 0 Å². The second-order valence-electron chi connectivity index (χ2n) is 20.7. The number of hydrogen-bond donors (Lipinski definition) is 8. The molecule has 1 amide bonds. The maximum Gasteiger partial charge on any atom is 0.249 e. The van der Waals surface area contributed by atoms with Crippen LogP contribution in [-0.4, -0.2) is 110 Å². The molecule has 70 heavy (non-hydrogen) atoms. The summed E-state index contributed by atoms with van der Waals surface area (Å²) in [7, 11) is 0. The minimum atomic E-state index is -1.67. The Morgan fingerprint density at radius 3 is 1.27 bits per heavy atom. The van der Waals surface area contributed by atoms with Crippen LogP contribution in [0.1, 0.15) is 264 Å². The Balaban J connectivity index is 2.34. The first-order chi connectivity index (χ1) is 34.2. The van der Waals surface area contributed by atoms with Gasteiger partial charge in [-0.15, -0.1) is 0 Å². The quantitative estimate of drug-likeness (QED) is 0.0215.